The quantitative estimate of drug-likeness (QED) is 0.479. The number of nitrogens with one attached hydrogen (secondary N) is 2. The number of imidazole rings is 1. The Morgan fingerprint density at radius 1 is 1.30 bits per heavy atom. The van der Waals surface area contributed by atoms with Gasteiger partial charge in [0.05, 0.1) is 12.4 Å². The first kappa shape index (κ1) is 24.4. The summed E-state index contributed by atoms with van der Waals surface area (Å²) in [6.45, 7) is 5.51. The molecule has 2 aromatic rings. The van der Waals surface area contributed by atoms with Crippen molar-refractivity contribution in [3.63, 3.8) is 0 Å². The zero-order chi connectivity index (χ0) is 22.3. The summed E-state index contributed by atoms with van der Waals surface area (Å²) >= 11 is 0. The number of nitrogens with zero attached hydrogens (tertiary/aromatic N) is 3. The van der Waals surface area contributed by atoms with E-state index in [4.69, 9.17) is 18.5 Å². The predicted molar refractivity (Wildman–Crippen MR) is 113 cm³/mol. The molecule has 0 bridgehead atoms. The van der Waals surface area contributed by atoms with E-state index in [1.54, 1.807) is 39.7 Å². The van der Waals surface area contributed by atoms with Crippen molar-refractivity contribution in [2.45, 2.75) is 45.9 Å². The Balaban J connectivity index is 2.26. The van der Waals surface area contributed by atoms with Crippen molar-refractivity contribution in [1.82, 2.24) is 19.5 Å². The number of carbonyl (C=O) groups excluding carboxylic acids is 1. The highest BCUT2D eigenvalue weighted by Crippen LogP contribution is 2.36. The lowest BCUT2D eigenvalue weighted by Crippen LogP contribution is -2.24. The van der Waals surface area contributed by atoms with Gasteiger partial charge in [-0.25, -0.2) is 4.98 Å². The van der Waals surface area contributed by atoms with Gasteiger partial charge in [0.25, 0.3) is 5.56 Å². The Morgan fingerprint density at radius 3 is 2.57 bits per heavy atom. The van der Waals surface area contributed by atoms with Crippen LogP contribution in [0.2, 0.25) is 0 Å². The van der Waals surface area contributed by atoms with E-state index in [-0.39, 0.29) is 29.4 Å². The number of hydrogen-bond donors (Lipinski definition) is 2. The molecule has 0 aliphatic carbocycles. The summed E-state index contributed by atoms with van der Waals surface area (Å²) in [6.07, 6.45) is 2.47. The van der Waals surface area contributed by atoms with E-state index in [1.807, 2.05) is 6.92 Å². The molecule has 0 saturated heterocycles. The van der Waals surface area contributed by atoms with Crippen LogP contribution < -0.4 is 10.9 Å². The second-order valence-corrected chi connectivity index (χ2v) is 8.49. The first-order chi connectivity index (χ1) is 14.3. The van der Waals surface area contributed by atoms with Crippen LogP contribution in [0.1, 0.15) is 39.8 Å². The molecule has 11 nitrogen and oxygen atoms in total. The van der Waals surface area contributed by atoms with E-state index in [1.165, 1.54) is 6.33 Å². The highest BCUT2D eigenvalue weighted by molar-refractivity contribution is 7.46. The minimum atomic E-state index is -1.10. The molecule has 30 heavy (non-hydrogen) atoms. The Kier molecular flexibility index (Phi) is 9.32. The third-order valence-corrected chi connectivity index (χ3v) is 5.70. The number of aromatic amines is 1. The van der Waals surface area contributed by atoms with Crippen LogP contribution >= 0.6 is 8.38 Å². The van der Waals surface area contributed by atoms with E-state index in [9.17, 15) is 9.59 Å². The van der Waals surface area contributed by atoms with Crippen molar-refractivity contribution in [3.8, 4) is 0 Å². The number of fused-ring (bicyclic) bond motifs is 1. The molecule has 2 aromatic heterocycles. The van der Waals surface area contributed by atoms with Gasteiger partial charge in [0, 0.05) is 33.7 Å². The predicted octanol–water partition coefficient (Wildman–Crippen LogP) is 2.61. The monoisotopic (exact) mass is 443 g/mol. The summed E-state index contributed by atoms with van der Waals surface area (Å²) in [7, 11) is 3.62. The highest BCUT2D eigenvalue weighted by Gasteiger charge is 2.22. The molecule has 0 aliphatic rings. The first-order valence-electron chi connectivity index (χ1n) is 9.62. The second-order valence-electron chi connectivity index (χ2n) is 6.83. The average molecular weight is 443 g/mol. The second kappa shape index (κ2) is 11.5. The van der Waals surface area contributed by atoms with Crippen molar-refractivity contribution in [3.05, 3.63) is 16.7 Å². The maximum Gasteiger partial charge on any atom is 0.280 e. The lowest BCUT2D eigenvalue weighted by Gasteiger charge is -2.24. The minimum absolute atomic E-state index is 0.0666. The van der Waals surface area contributed by atoms with Crippen molar-refractivity contribution < 1.29 is 23.3 Å². The summed E-state index contributed by atoms with van der Waals surface area (Å²) in [4.78, 5) is 35.4. The lowest BCUT2D eigenvalue weighted by atomic mass is 10.2. The fourth-order valence-corrected chi connectivity index (χ4v) is 3.40. The SMILES string of the molecule is CC[C@H](CC(OC)n1cnc2c(=O)[nH]c(NC(=O)C(C)C)nc21)OCP(OC)OC. The maximum absolute atomic E-state index is 12.4. The zero-order valence-electron chi connectivity index (χ0n) is 18.2. The highest BCUT2D eigenvalue weighted by atomic mass is 31.2. The number of ether oxygens (including phenoxy) is 2. The van der Waals surface area contributed by atoms with Gasteiger partial charge in [-0.3, -0.25) is 24.5 Å². The molecule has 0 spiro atoms. The number of rotatable bonds is 12. The number of anilines is 1. The molecule has 0 aliphatic heterocycles. The van der Waals surface area contributed by atoms with Crippen molar-refractivity contribution in [1.29, 1.82) is 0 Å². The molecule has 2 atom stereocenters. The lowest BCUT2D eigenvalue weighted by molar-refractivity contribution is -0.118. The Hall–Kier alpha value is -1.91. The van der Waals surface area contributed by atoms with Gasteiger partial charge in [0.2, 0.25) is 11.9 Å². The summed E-state index contributed by atoms with van der Waals surface area (Å²) in [5, 5.41) is 2.61. The van der Waals surface area contributed by atoms with Crippen LogP contribution in [-0.4, -0.2) is 59.2 Å². The Labute approximate surface area is 176 Å². The molecule has 2 N–H and O–H groups in total. The van der Waals surface area contributed by atoms with Gasteiger partial charge in [-0.1, -0.05) is 20.8 Å². The van der Waals surface area contributed by atoms with Crippen LogP contribution in [-0.2, 0) is 23.3 Å². The summed E-state index contributed by atoms with van der Waals surface area (Å²) in [5.74, 6) is -0.439. The van der Waals surface area contributed by atoms with E-state index in [0.29, 0.717) is 18.4 Å². The van der Waals surface area contributed by atoms with Crippen LogP contribution in [0.4, 0.5) is 5.95 Å². The minimum Gasteiger partial charge on any atom is -0.369 e. The molecule has 1 amide bonds. The molecule has 12 heteroatoms. The molecule has 0 fully saturated rings. The topological polar surface area (TPSA) is 130 Å². The normalized spacial score (nSPS) is 13.9. The third kappa shape index (κ3) is 6.05. The van der Waals surface area contributed by atoms with Gasteiger partial charge in [-0.15, -0.1) is 0 Å². The maximum atomic E-state index is 12.4. The van der Waals surface area contributed by atoms with Gasteiger partial charge in [0.15, 0.2) is 19.5 Å². The molecule has 0 saturated carbocycles. The largest absolute Gasteiger partial charge is 0.369 e. The summed E-state index contributed by atoms with van der Waals surface area (Å²) < 4.78 is 23.7. The number of H-pyrrole nitrogens is 1. The van der Waals surface area contributed by atoms with Crippen LogP contribution in [0.15, 0.2) is 11.1 Å². The molecule has 0 aromatic carbocycles. The van der Waals surface area contributed by atoms with Gasteiger partial charge in [-0.2, -0.15) is 4.98 Å². The van der Waals surface area contributed by atoms with Crippen molar-refractivity contribution in [2.24, 2.45) is 5.92 Å². The number of methoxy groups -OCH3 is 1. The van der Waals surface area contributed by atoms with Crippen molar-refractivity contribution in [2.75, 3.05) is 33.0 Å². The molecular weight excluding hydrogens is 413 g/mol. The fourth-order valence-electron chi connectivity index (χ4n) is 2.70. The number of aromatic nitrogens is 4. The fraction of sp³-hybridized carbons (Fsp3) is 0.667. The van der Waals surface area contributed by atoms with E-state index in [2.05, 4.69) is 20.3 Å². The zero-order valence-corrected chi connectivity index (χ0v) is 19.1. The Morgan fingerprint density at radius 2 is 2.00 bits per heavy atom. The summed E-state index contributed by atoms with van der Waals surface area (Å²) in [5.41, 5.74) is 0.0353. The number of hydrogen-bond acceptors (Lipinski definition) is 8. The van der Waals surface area contributed by atoms with E-state index in [0.717, 1.165) is 6.42 Å². The van der Waals surface area contributed by atoms with Gasteiger partial charge < -0.3 is 18.5 Å². The smallest absolute Gasteiger partial charge is 0.280 e. The van der Waals surface area contributed by atoms with Crippen molar-refractivity contribution >= 4 is 31.4 Å². The van der Waals surface area contributed by atoms with Gasteiger partial charge in [0.1, 0.15) is 12.6 Å². The third-order valence-electron chi connectivity index (χ3n) is 4.52. The van der Waals surface area contributed by atoms with E-state index < -0.39 is 20.2 Å². The number of carbonyl (C=O) groups is 1. The summed E-state index contributed by atoms with van der Waals surface area (Å²) in [6, 6.07) is 0. The molecule has 2 rings (SSSR count). The van der Waals surface area contributed by atoms with Gasteiger partial charge in [-0.05, 0) is 6.42 Å². The molecule has 168 valence electrons. The van der Waals surface area contributed by atoms with Crippen LogP contribution in [0.3, 0.4) is 0 Å². The standard InChI is InChI=1S/C18H30N5O6P/c1-7-12(29-10-30(27-5)28-6)8-13(26-4)23-9-19-14-15(23)20-18(22-17(14)25)21-16(24)11(2)3/h9,11-13H,7-8,10H2,1-6H3,(H2,20,21,22,24,25)/t12-,13?/m1/s1. The van der Waals surface area contributed by atoms with Crippen LogP contribution in [0.25, 0.3) is 11.2 Å². The molecular formula is C18H30N5O6P. The Bertz CT molecular complexity index is 882. The molecule has 2 heterocycles. The average Bonchev–Trinajstić information content (AvgIpc) is 3.15. The number of amides is 1. The van der Waals surface area contributed by atoms with E-state index >= 15 is 0 Å². The molecule has 0 radical (unpaired) electrons. The van der Waals surface area contributed by atoms with Crippen LogP contribution in [0, 0.1) is 5.92 Å². The first-order valence-corrected chi connectivity index (χ1v) is 11.0. The van der Waals surface area contributed by atoms with Crippen LogP contribution in [0.5, 0.6) is 0 Å². The molecule has 1 unspecified atom stereocenters. The van der Waals surface area contributed by atoms with Gasteiger partial charge >= 0.3 is 0 Å².